The normalized spacial score (nSPS) is 12.4. The Labute approximate surface area is 105 Å². The Morgan fingerprint density at radius 1 is 1.11 bits per heavy atom. The van der Waals surface area contributed by atoms with Gasteiger partial charge in [-0.2, -0.15) is 0 Å². The van der Waals surface area contributed by atoms with E-state index >= 15 is 0 Å². The van der Waals surface area contributed by atoms with E-state index in [9.17, 15) is 8.78 Å². The van der Waals surface area contributed by atoms with Crippen LogP contribution in [-0.2, 0) is 0 Å². The molecule has 2 aromatic rings. The van der Waals surface area contributed by atoms with E-state index in [0.717, 1.165) is 17.3 Å². The molecule has 0 saturated heterocycles. The molecule has 1 atom stereocenters. The number of hydrogen-bond acceptors (Lipinski definition) is 2. The van der Waals surface area contributed by atoms with Crippen molar-refractivity contribution in [2.75, 3.05) is 7.05 Å². The highest BCUT2D eigenvalue weighted by atomic mass is 19.1. The van der Waals surface area contributed by atoms with E-state index in [0.29, 0.717) is 5.56 Å². The fourth-order valence-electron chi connectivity index (χ4n) is 2.01. The molecule has 1 aromatic heterocycles. The van der Waals surface area contributed by atoms with Gasteiger partial charge in [0.1, 0.15) is 11.6 Å². The van der Waals surface area contributed by atoms with Crippen LogP contribution in [0.25, 0.3) is 0 Å². The van der Waals surface area contributed by atoms with Gasteiger partial charge < -0.3 is 5.32 Å². The number of aromatic nitrogens is 1. The summed E-state index contributed by atoms with van der Waals surface area (Å²) in [5.74, 6) is -0.706. The van der Waals surface area contributed by atoms with Gasteiger partial charge in [0.25, 0.3) is 0 Å². The predicted octanol–water partition coefficient (Wildman–Crippen LogP) is 2.98. The van der Waals surface area contributed by atoms with Gasteiger partial charge in [0.2, 0.25) is 0 Å². The lowest BCUT2D eigenvalue weighted by Gasteiger charge is -2.19. The van der Waals surface area contributed by atoms with Crippen molar-refractivity contribution in [1.82, 2.24) is 10.3 Å². The highest BCUT2D eigenvalue weighted by molar-refractivity contribution is 5.36. The van der Waals surface area contributed by atoms with Crippen molar-refractivity contribution < 1.29 is 8.78 Å². The molecular formula is C14H14F2N2. The number of aryl methyl sites for hydroxylation is 1. The number of hydrogen-bond donors (Lipinski definition) is 1. The van der Waals surface area contributed by atoms with Crippen molar-refractivity contribution in [2.24, 2.45) is 0 Å². The van der Waals surface area contributed by atoms with E-state index in [1.807, 2.05) is 6.92 Å². The SMILES string of the molecule is CNC(c1cncc(F)c1)c1cc(F)ccc1C. The van der Waals surface area contributed by atoms with Crippen LogP contribution in [0.1, 0.15) is 22.7 Å². The van der Waals surface area contributed by atoms with Crippen LogP contribution in [0.2, 0.25) is 0 Å². The largest absolute Gasteiger partial charge is 0.309 e. The second-order valence-corrected chi connectivity index (χ2v) is 4.16. The van der Waals surface area contributed by atoms with Gasteiger partial charge in [-0.15, -0.1) is 0 Å². The Hall–Kier alpha value is -1.81. The Bertz CT molecular complexity index is 555. The zero-order valence-electron chi connectivity index (χ0n) is 10.2. The standard InChI is InChI=1S/C14H14F2N2/c1-9-3-4-11(15)6-13(9)14(17-2)10-5-12(16)8-18-7-10/h3-8,14,17H,1-2H3. The highest BCUT2D eigenvalue weighted by Gasteiger charge is 2.15. The number of halogens is 2. The first-order valence-electron chi connectivity index (χ1n) is 5.65. The van der Waals surface area contributed by atoms with Gasteiger partial charge in [0.15, 0.2) is 0 Å². The molecule has 4 heteroatoms. The summed E-state index contributed by atoms with van der Waals surface area (Å²) in [6, 6.07) is 5.71. The van der Waals surface area contributed by atoms with Crippen LogP contribution < -0.4 is 5.32 Å². The Morgan fingerprint density at radius 2 is 1.89 bits per heavy atom. The number of nitrogens with one attached hydrogen (secondary N) is 1. The average Bonchev–Trinajstić information content (AvgIpc) is 2.35. The summed E-state index contributed by atoms with van der Waals surface area (Å²) in [6.45, 7) is 1.89. The summed E-state index contributed by atoms with van der Waals surface area (Å²) < 4.78 is 26.5. The quantitative estimate of drug-likeness (QED) is 0.903. The Balaban J connectivity index is 2.48. The van der Waals surface area contributed by atoms with Gasteiger partial charge in [-0.05, 0) is 48.9 Å². The molecule has 1 heterocycles. The van der Waals surface area contributed by atoms with Crippen molar-refractivity contribution in [3.05, 3.63) is 65.0 Å². The summed E-state index contributed by atoms with van der Waals surface area (Å²) in [6.07, 6.45) is 2.73. The average molecular weight is 248 g/mol. The molecule has 18 heavy (non-hydrogen) atoms. The monoisotopic (exact) mass is 248 g/mol. The van der Waals surface area contributed by atoms with Crippen molar-refractivity contribution in [1.29, 1.82) is 0 Å². The summed E-state index contributed by atoms with van der Waals surface area (Å²) >= 11 is 0. The zero-order chi connectivity index (χ0) is 13.1. The lowest BCUT2D eigenvalue weighted by Crippen LogP contribution is -2.19. The van der Waals surface area contributed by atoms with Gasteiger partial charge in [-0.25, -0.2) is 8.78 Å². The molecule has 0 fully saturated rings. The van der Waals surface area contributed by atoms with Crippen LogP contribution in [0.15, 0.2) is 36.7 Å². The maximum atomic E-state index is 13.3. The number of pyridine rings is 1. The van der Waals surface area contributed by atoms with E-state index < -0.39 is 5.82 Å². The van der Waals surface area contributed by atoms with Gasteiger partial charge in [0, 0.05) is 6.20 Å². The van der Waals surface area contributed by atoms with Gasteiger partial charge in [-0.1, -0.05) is 6.07 Å². The predicted molar refractivity (Wildman–Crippen MR) is 66.2 cm³/mol. The number of nitrogens with zero attached hydrogens (tertiary/aromatic N) is 1. The molecule has 0 aliphatic heterocycles. The summed E-state index contributed by atoms with van der Waals surface area (Å²) in [4.78, 5) is 3.82. The summed E-state index contributed by atoms with van der Waals surface area (Å²) in [5.41, 5.74) is 2.40. The van der Waals surface area contributed by atoms with E-state index in [1.54, 1.807) is 19.3 Å². The lowest BCUT2D eigenvalue weighted by molar-refractivity contribution is 0.601. The summed E-state index contributed by atoms with van der Waals surface area (Å²) in [7, 11) is 1.75. The number of rotatable bonds is 3. The third-order valence-corrected chi connectivity index (χ3v) is 2.90. The molecule has 0 saturated carbocycles. The van der Waals surface area contributed by atoms with Crippen molar-refractivity contribution >= 4 is 0 Å². The first-order chi connectivity index (χ1) is 8.61. The molecule has 1 unspecified atom stereocenters. The number of benzene rings is 1. The molecule has 0 amide bonds. The van der Waals surface area contributed by atoms with Crippen molar-refractivity contribution in [3.63, 3.8) is 0 Å². The van der Waals surface area contributed by atoms with Crippen molar-refractivity contribution in [3.8, 4) is 0 Å². The minimum absolute atomic E-state index is 0.274. The van der Waals surface area contributed by atoms with Crippen LogP contribution in [0.3, 0.4) is 0 Å². The molecule has 0 radical (unpaired) electrons. The van der Waals surface area contributed by atoms with Crippen LogP contribution in [0.5, 0.6) is 0 Å². The highest BCUT2D eigenvalue weighted by Crippen LogP contribution is 2.25. The van der Waals surface area contributed by atoms with Crippen LogP contribution in [0, 0.1) is 18.6 Å². The molecule has 2 nitrogen and oxygen atoms in total. The minimum Gasteiger partial charge on any atom is -0.309 e. The van der Waals surface area contributed by atoms with E-state index in [-0.39, 0.29) is 11.9 Å². The van der Waals surface area contributed by atoms with E-state index in [1.165, 1.54) is 18.2 Å². The summed E-state index contributed by atoms with van der Waals surface area (Å²) in [5, 5.41) is 3.06. The molecule has 0 aliphatic carbocycles. The van der Waals surface area contributed by atoms with Gasteiger partial charge >= 0.3 is 0 Å². The molecule has 1 aromatic carbocycles. The van der Waals surface area contributed by atoms with E-state index in [2.05, 4.69) is 10.3 Å². The first kappa shape index (κ1) is 12.6. The zero-order valence-corrected chi connectivity index (χ0v) is 10.2. The van der Waals surface area contributed by atoms with Crippen LogP contribution in [-0.4, -0.2) is 12.0 Å². The third kappa shape index (κ3) is 2.54. The smallest absolute Gasteiger partial charge is 0.141 e. The lowest BCUT2D eigenvalue weighted by atomic mass is 9.96. The fraction of sp³-hybridized carbons (Fsp3) is 0.214. The maximum Gasteiger partial charge on any atom is 0.141 e. The van der Waals surface area contributed by atoms with Crippen LogP contribution >= 0.6 is 0 Å². The topological polar surface area (TPSA) is 24.9 Å². The molecule has 0 aliphatic rings. The Morgan fingerprint density at radius 3 is 2.56 bits per heavy atom. The second-order valence-electron chi connectivity index (χ2n) is 4.16. The fourth-order valence-corrected chi connectivity index (χ4v) is 2.01. The van der Waals surface area contributed by atoms with Gasteiger partial charge in [0.05, 0.1) is 12.2 Å². The molecule has 94 valence electrons. The van der Waals surface area contributed by atoms with Gasteiger partial charge in [-0.3, -0.25) is 4.98 Å². The molecule has 0 spiro atoms. The maximum absolute atomic E-state index is 13.3. The minimum atomic E-state index is -0.401. The Kier molecular flexibility index (Phi) is 3.67. The van der Waals surface area contributed by atoms with Crippen LogP contribution in [0.4, 0.5) is 8.78 Å². The molecular weight excluding hydrogens is 234 g/mol. The third-order valence-electron chi connectivity index (χ3n) is 2.90. The molecule has 2 rings (SSSR count). The van der Waals surface area contributed by atoms with Crippen molar-refractivity contribution in [2.45, 2.75) is 13.0 Å². The second kappa shape index (κ2) is 5.23. The molecule has 1 N–H and O–H groups in total. The molecule has 0 bridgehead atoms. The first-order valence-corrected chi connectivity index (χ1v) is 5.65. The van der Waals surface area contributed by atoms with E-state index in [4.69, 9.17) is 0 Å².